The topological polar surface area (TPSA) is 129 Å². The fourth-order valence-corrected chi connectivity index (χ4v) is 2.92. The van der Waals surface area contributed by atoms with Crippen molar-refractivity contribution < 1.29 is 19.4 Å². The third kappa shape index (κ3) is 3.66. The smallest absolute Gasteiger partial charge is 0.412 e. The number of aromatic amines is 1. The van der Waals surface area contributed by atoms with Gasteiger partial charge in [0.2, 0.25) is 5.91 Å². The van der Waals surface area contributed by atoms with Gasteiger partial charge in [-0.15, -0.1) is 0 Å². The second-order valence-electron chi connectivity index (χ2n) is 6.26. The van der Waals surface area contributed by atoms with Crippen LogP contribution >= 0.6 is 0 Å². The summed E-state index contributed by atoms with van der Waals surface area (Å²) in [6.45, 7) is 0.379. The number of hydrogen-bond donors (Lipinski definition) is 4. The fraction of sp³-hybridized carbons (Fsp3) is 0.222. The molecule has 0 unspecified atom stereocenters. The number of piperidine rings is 1. The molecule has 1 atom stereocenters. The molecule has 3 aromatic rings. The first-order valence-corrected chi connectivity index (χ1v) is 8.47. The van der Waals surface area contributed by atoms with Crippen molar-refractivity contribution in [3.8, 4) is 22.8 Å². The molecule has 1 saturated heterocycles. The van der Waals surface area contributed by atoms with Crippen molar-refractivity contribution in [2.24, 2.45) is 0 Å². The van der Waals surface area contributed by atoms with Gasteiger partial charge in [-0.1, -0.05) is 0 Å². The Hall–Kier alpha value is -3.62. The zero-order valence-electron chi connectivity index (χ0n) is 14.2. The standard InChI is InChI=1S/C18H17N5O4/c24-12-4-1-10(2-5-12)14-7-15(13-9-20-23-17(13)22-14)27-18(26)21-11-3-6-16(25)19-8-11/h1-2,4-5,7,9,11,24H,3,6,8H2,(H,19,25)(H,21,26)(H,20,22,23)/t11-/m1/s1. The van der Waals surface area contributed by atoms with Crippen LogP contribution in [0.25, 0.3) is 22.3 Å². The molecule has 0 saturated carbocycles. The van der Waals surface area contributed by atoms with Gasteiger partial charge in [-0.3, -0.25) is 9.89 Å². The molecular formula is C18H17N5O4. The highest BCUT2D eigenvalue weighted by Crippen LogP contribution is 2.29. The lowest BCUT2D eigenvalue weighted by Crippen LogP contribution is -2.48. The van der Waals surface area contributed by atoms with Gasteiger partial charge >= 0.3 is 6.09 Å². The van der Waals surface area contributed by atoms with Gasteiger partial charge in [0.05, 0.1) is 23.3 Å². The van der Waals surface area contributed by atoms with Crippen LogP contribution in [0, 0.1) is 0 Å². The third-order valence-corrected chi connectivity index (χ3v) is 4.34. The Morgan fingerprint density at radius 3 is 2.85 bits per heavy atom. The highest BCUT2D eigenvalue weighted by atomic mass is 16.6. The molecule has 4 rings (SSSR count). The van der Waals surface area contributed by atoms with Crippen LogP contribution in [0.5, 0.6) is 11.5 Å². The molecule has 4 N–H and O–H groups in total. The van der Waals surface area contributed by atoms with E-state index in [1.165, 1.54) is 6.20 Å². The number of benzene rings is 1. The van der Waals surface area contributed by atoms with E-state index in [-0.39, 0.29) is 17.7 Å². The van der Waals surface area contributed by atoms with E-state index >= 15 is 0 Å². The van der Waals surface area contributed by atoms with Gasteiger partial charge in [0.1, 0.15) is 11.5 Å². The molecule has 2 amide bonds. The number of carbonyl (C=O) groups is 2. The van der Waals surface area contributed by atoms with Crippen molar-refractivity contribution in [2.75, 3.05) is 6.54 Å². The highest BCUT2D eigenvalue weighted by Gasteiger charge is 2.21. The third-order valence-electron chi connectivity index (χ3n) is 4.34. The number of aromatic hydroxyl groups is 1. The minimum Gasteiger partial charge on any atom is -0.508 e. The molecule has 2 aromatic heterocycles. The summed E-state index contributed by atoms with van der Waals surface area (Å²) in [5.41, 5.74) is 1.80. The van der Waals surface area contributed by atoms with Gasteiger partial charge in [-0.05, 0) is 30.7 Å². The fourth-order valence-electron chi connectivity index (χ4n) is 2.92. The maximum Gasteiger partial charge on any atom is 0.412 e. The minimum absolute atomic E-state index is 0.0193. The first-order valence-electron chi connectivity index (χ1n) is 8.47. The van der Waals surface area contributed by atoms with Gasteiger partial charge in [-0.25, -0.2) is 9.78 Å². The van der Waals surface area contributed by atoms with Gasteiger partial charge in [-0.2, -0.15) is 5.10 Å². The molecule has 0 spiro atoms. The summed E-state index contributed by atoms with van der Waals surface area (Å²) in [6.07, 6.45) is 1.86. The van der Waals surface area contributed by atoms with E-state index in [1.807, 2.05) is 0 Å². The van der Waals surface area contributed by atoms with Crippen LogP contribution in [0.2, 0.25) is 0 Å². The van der Waals surface area contributed by atoms with Gasteiger partial charge in [0.25, 0.3) is 0 Å². The van der Waals surface area contributed by atoms with E-state index in [0.717, 1.165) is 5.56 Å². The number of ether oxygens (including phenoxy) is 1. The summed E-state index contributed by atoms with van der Waals surface area (Å²) in [5, 5.41) is 22.2. The number of amides is 2. The molecule has 9 heteroatoms. The summed E-state index contributed by atoms with van der Waals surface area (Å²) in [5.74, 6) is 0.445. The highest BCUT2D eigenvalue weighted by molar-refractivity contribution is 5.87. The minimum atomic E-state index is -0.610. The Bertz CT molecular complexity index is 989. The summed E-state index contributed by atoms with van der Waals surface area (Å²) in [4.78, 5) is 28.0. The Balaban J connectivity index is 1.57. The van der Waals surface area contributed by atoms with Crippen LogP contribution in [0.1, 0.15) is 12.8 Å². The van der Waals surface area contributed by atoms with E-state index in [9.17, 15) is 14.7 Å². The molecule has 9 nitrogen and oxygen atoms in total. The van der Waals surface area contributed by atoms with E-state index in [1.54, 1.807) is 30.3 Å². The lowest BCUT2D eigenvalue weighted by molar-refractivity contribution is -0.122. The molecule has 1 aliphatic rings. The summed E-state index contributed by atoms with van der Waals surface area (Å²) in [7, 11) is 0. The number of phenols is 1. The summed E-state index contributed by atoms with van der Waals surface area (Å²) < 4.78 is 5.49. The van der Waals surface area contributed by atoms with Crippen molar-refractivity contribution >= 4 is 23.0 Å². The molecular weight excluding hydrogens is 350 g/mol. The SMILES string of the molecule is O=C1CC[C@@H](NC(=O)Oc2cc(-c3ccc(O)cc3)nc3[nH]ncc23)CN1. The predicted octanol–water partition coefficient (Wildman–Crippen LogP) is 1.70. The number of rotatable bonds is 3. The number of fused-ring (bicyclic) bond motifs is 1. The number of aromatic nitrogens is 3. The first-order chi connectivity index (χ1) is 13.1. The van der Waals surface area contributed by atoms with Crippen LogP contribution in [-0.4, -0.2) is 44.9 Å². The molecule has 27 heavy (non-hydrogen) atoms. The monoisotopic (exact) mass is 367 g/mol. The Morgan fingerprint density at radius 2 is 2.11 bits per heavy atom. The average molecular weight is 367 g/mol. The second-order valence-corrected chi connectivity index (χ2v) is 6.26. The molecule has 0 radical (unpaired) electrons. The average Bonchev–Trinajstić information content (AvgIpc) is 3.13. The van der Waals surface area contributed by atoms with Crippen molar-refractivity contribution in [3.05, 3.63) is 36.5 Å². The van der Waals surface area contributed by atoms with E-state index < -0.39 is 6.09 Å². The number of nitrogens with one attached hydrogen (secondary N) is 3. The van der Waals surface area contributed by atoms with Crippen molar-refractivity contribution in [3.63, 3.8) is 0 Å². The molecule has 1 fully saturated rings. The molecule has 1 aromatic carbocycles. The Morgan fingerprint density at radius 1 is 1.30 bits per heavy atom. The van der Waals surface area contributed by atoms with E-state index in [0.29, 0.717) is 41.9 Å². The molecule has 3 heterocycles. The lowest BCUT2D eigenvalue weighted by atomic mass is 10.1. The maximum absolute atomic E-state index is 12.3. The van der Waals surface area contributed by atoms with Crippen LogP contribution in [0.3, 0.4) is 0 Å². The quantitative estimate of drug-likeness (QED) is 0.558. The largest absolute Gasteiger partial charge is 0.508 e. The Labute approximate surface area is 153 Å². The van der Waals surface area contributed by atoms with Crippen LogP contribution in [0.4, 0.5) is 4.79 Å². The normalized spacial score (nSPS) is 16.7. The van der Waals surface area contributed by atoms with Crippen molar-refractivity contribution in [1.29, 1.82) is 0 Å². The van der Waals surface area contributed by atoms with Crippen LogP contribution in [0.15, 0.2) is 36.5 Å². The lowest BCUT2D eigenvalue weighted by Gasteiger charge is -2.23. The van der Waals surface area contributed by atoms with Gasteiger partial charge in [0.15, 0.2) is 5.65 Å². The zero-order valence-corrected chi connectivity index (χ0v) is 14.2. The Kier molecular flexibility index (Phi) is 4.33. The summed E-state index contributed by atoms with van der Waals surface area (Å²) >= 11 is 0. The van der Waals surface area contributed by atoms with Crippen molar-refractivity contribution in [1.82, 2.24) is 25.8 Å². The molecule has 0 aliphatic carbocycles. The maximum atomic E-state index is 12.3. The van der Waals surface area contributed by atoms with Crippen LogP contribution < -0.4 is 15.4 Å². The number of nitrogens with zero attached hydrogens (tertiary/aromatic N) is 2. The zero-order chi connectivity index (χ0) is 18.8. The number of hydrogen-bond acceptors (Lipinski definition) is 6. The van der Waals surface area contributed by atoms with Gasteiger partial charge in [0, 0.05) is 24.6 Å². The number of pyridine rings is 1. The summed E-state index contributed by atoms with van der Waals surface area (Å²) in [6, 6.07) is 8.01. The molecule has 0 bridgehead atoms. The van der Waals surface area contributed by atoms with E-state index in [2.05, 4.69) is 25.8 Å². The molecule has 138 valence electrons. The van der Waals surface area contributed by atoms with Crippen molar-refractivity contribution in [2.45, 2.75) is 18.9 Å². The first kappa shape index (κ1) is 16.8. The number of carbonyl (C=O) groups excluding carboxylic acids is 2. The second kappa shape index (κ2) is 6.94. The van der Waals surface area contributed by atoms with E-state index in [4.69, 9.17) is 4.74 Å². The van der Waals surface area contributed by atoms with Gasteiger partial charge < -0.3 is 20.5 Å². The van der Waals surface area contributed by atoms with Crippen LogP contribution in [-0.2, 0) is 4.79 Å². The number of phenolic OH excluding ortho intramolecular Hbond substituents is 1. The number of H-pyrrole nitrogens is 1. The molecule has 1 aliphatic heterocycles. The predicted molar refractivity (Wildman–Crippen MR) is 96.2 cm³/mol.